The largest absolute Gasteiger partial charge is 0.347 e. The van der Waals surface area contributed by atoms with Gasteiger partial charge in [0.2, 0.25) is 0 Å². The third-order valence-electron chi connectivity index (χ3n) is 1.57. The van der Waals surface area contributed by atoms with Crippen LogP contribution in [0, 0.1) is 0 Å². The molecule has 3 heteroatoms. The topological polar surface area (TPSA) is 35.5 Å². The van der Waals surface area contributed by atoms with Crippen LogP contribution in [0.25, 0.3) is 0 Å². The molecule has 1 heterocycles. The number of carbonyl (C=O) groups is 1. The van der Waals surface area contributed by atoms with Crippen molar-refractivity contribution in [2.45, 2.75) is 25.7 Å². The molecule has 1 unspecified atom stereocenters. The Balaban J connectivity index is 2.54. The van der Waals surface area contributed by atoms with E-state index in [0.29, 0.717) is 18.5 Å². The van der Waals surface area contributed by atoms with Crippen LogP contribution in [-0.2, 0) is 14.3 Å². The van der Waals surface area contributed by atoms with E-state index in [1.807, 2.05) is 13.8 Å². The van der Waals surface area contributed by atoms with Crippen molar-refractivity contribution in [3.63, 3.8) is 0 Å². The normalized spacial score (nSPS) is 28.4. The smallest absolute Gasteiger partial charge is 0.163 e. The van der Waals surface area contributed by atoms with Crippen molar-refractivity contribution in [1.82, 2.24) is 0 Å². The van der Waals surface area contributed by atoms with E-state index in [0.717, 1.165) is 0 Å². The number of rotatable bonds is 2. The summed E-state index contributed by atoms with van der Waals surface area (Å²) >= 11 is 0. The molecule has 3 nitrogen and oxygen atoms in total. The number of hydrogen-bond acceptors (Lipinski definition) is 3. The Hall–Kier alpha value is -0.670. The van der Waals surface area contributed by atoms with E-state index in [1.54, 1.807) is 0 Å². The predicted octanol–water partition coefficient (Wildman–Crippen LogP) is 0.893. The van der Waals surface area contributed by atoms with E-state index in [2.05, 4.69) is 6.58 Å². The van der Waals surface area contributed by atoms with Gasteiger partial charge in [0.05, 0.1) is 6.61 Å². The van der Waals surface area contributed by atoms with Gasteiger partial charge in [-0.1, -0.05) is 6.58 Å². The molecule has 0 aromatic rings. The molecule has 0 radical (unpaired) electrons. The maximum Gasteiger partial charge on any atom is 0.163 e. The Kier molecular flexibility index (Phi) is 2.11. The highest BCUT2D eigenvalue weighted by Crippen LogP contribution is 2.24. The van der Waals surface area contributed by atoms with Gasteiger partial charge in [-0.3, -0.25) is 4.79 Å². The Morgan fingerprint density at radius 3 is 2.73 bits per heavy atom. The van der Waals surface area contributed by atoms with E-state index < -0.39 is 5.79 Å². The first-order valence-electron chi connectivity index (χ1n) is 3.51. The van der Waals surface area contributed by atoms with Crippen LogP contribution in [0.3, 0.4) is 0 Å². The molecule has 1 fully saturated rings. The van der Waals surface area contributed by atoms with E-state index in [9.17, 15) is 4.79 Å². The van der Waals surface area contributed by atoms with Gasteiger partial charge in [0.15, 0.2) is 5.79 Å². The minimum atomic E-state index is -0.573. The molecular formula is C8H12O3. The number of hydrogen-bond donors (Lipinski definition) is 0. The van der Waals surface area contributed by atoms with Crippen molar-refractivity contribution in [1.29, 1.82) is 0 Å². The Morgan fingerprint density at radius 1 is 1.73 bits per heavy atom. The van der Waals surface area contributed by atoms with Gasteiger partial charge in [-0.05, 0) is 13.8 Å². The highest BCUT2D eigenvalue weighted by molar-refractivity contribution is 5.73. The Labute approximate surface area is 66.0 Å². The third-order valence-corrected chi connectivity index (χ3v) is 1.57. The lowest BCUT2D eigenvalue weighted by molar-refractivity contribution is -0.135. The first-order chi connectivity index (χ1) is 5.05. The molecule has 0 N–H and O–H groups in total. The Bertz CT molecular complexity index is 184. The van der Waals surface area contributed by atoms with Gasteiger partial charge in [0.25, 0.3) is 0 Å². The van der Waals surface area contributed by atoms with Crippen molar-refractivity contribution in [2.24, 2.45) is 0 Å². The summed E-state index contributed by atoms with van der Waals surface area (Å²) in [7, 11) is 0. The minimum Gasteiger partial charge on any atom is -0.347 e. The maximum atomic E-state index is 10.3. The molecule has 62 valence electrons. The molecule has 0 spiro atoms. The number of aldehydes is 1. The Morgan fingerprint density at radius 2 is 2.36 bits per heavy atom. The minimum absolute atomic E-state index is 0.262. The molecule has 1 aliphatic rings. The van der Waals surface area contributed by atoms with Crippen LogP contribution in [0.4, 0.5) is 0 Å². The summed E-state index contributed by atoms with van der Waals surface area (Å²) in [6.07, 6.45) is 0.442. The van der Waals surface area contributed by atoms with Crippen molar-refractivity contribution in [3.05, 3.63) is 12.2 Å². The van der Waals surface area contributed by atoms with Crippen LogP contribution in [0.15, 0.2) is 12.2 Å². The fourth-order valence-corrected chi connectivity index (χ4v) is 0.946. The zero-order valence-corrected chi connectivity index (χ0v) is 6.79. The van der Waals surface area contributed by atoms with Crippen molar-refractivity contribution in [2.75, 3.05) is 6.61 Å². The standard InChI is InChI=1S/C8H12O3/c1-6(4-9)7-5-10-8(2,3)11-7/h4,7H,1,5H2,2-3H3. The van der Waals surface area contributed by atoms with Crippen LogP contribution in [0.2, 0.25) is 0 Å². The second kappa shape index (κ2) is 2.75. The van der Waals surface area contributed by atoms with Crippen LogP contribution in [-0.4, -0.2) is 24.8 Å². The van der Waals surface area contributed by atoms with Crippen LogP contribution in [0.1, 0.15) is 13.8 Å². The second-order valence-corrected chi connectivity index (χ2v) is 3.01. The van der Waals surface area contributed by atoms with E-state index >= 15 is 0 Å². The van der Waals surface area contributed by atoms with Gasteiger partial charge in [-0.25, -0.2) is 0 Å². The summed E-state index contributed by atoms with van der Waals surface area (Å²) in [6.45, 7) is 7.59. The first-order valence-corrected chi connectivity index (χ1v) is 3.51. The van der Waals surface area contributed by atoms with Gasteiger partial charge in [-0.15, -0.1) is 0 Å². The molecule has 0 aromatic carbocycles. The SMILES string of the molecule is C=C(C=O)C1COC(C)(C)O1. The summed E-state index contributed by atoms with van der Waals surface area (Å²) in [6, 6.07) is 0. The summed E-state index contributed by atoms with van der Waals surface area (Å²) in [5, 5.41) is 0. The lowest BCUT2D eigenvalue weighted by Gasteiger charge is -2.16. The molecule has 0 saturated carbocycles. The van der Waals surface area contributed by atoms with E-state index in [1.165, 1.54) is 0 Å². The summed E-state index contributed by atoms with van der Waals surface area (Å²) in [5.74, 6) is -0.573. The van der Waals surface area contributed by atoms with E-state index in [4.69, 9.17) is 9.47 Å². The number of carbonyl (C=O) groups excluding carboxylic acids is 1. The third kappa shape index (κ3) is 1.88. The van der Waals surface area contributed by atoms with Crippen LogP contribution in [0.5, 0.6) is 0 Å². The highest BCUT2D eigenvalue weighted by Gasteiger charge is 2.33. The van der Waals surface area contributed by atoms with Crippen LogP contribution >= 0.6 is 0 Å². The quantitative estimate of drug-likeness (QED) is 0.440. The van der Waals surface area contributed by atoms with Gasteiger partial charge >= 0.3 is 0 Å². The lowest BCUT2D eigenvalue weighted by atomic mass is 10.2. The molecule has 1 aliphatic heterocycles. The highest BCUT2D eigenvalue weighted by atomic mass is 16.7. The molecular weight excluding hydrogens is 144 g/mol. The number of ether oxygens (including phenoxy) is 2. The fraction of sp³-hybridized carbons (Fsp3) is 0.625. The molecule has 0 bridgehead atoms. The van der Waals surface area contributed by atoms with Gasteiger partial charge < -0.3 is 9.47 Å². The maximum absolute atomic E-state index is 10.3. The molecule has 11 heavy (non-hydrogen) atoms. The van der Waals surface area contributed by atoms with Crippen molar-refractivity contribution < 1.29 is 14.3 Å². The zero-order valence-electron chi connectivity index (χ0n) is 6.79. The molecule has 0 aromatic heterocycles. The average Bonchev–Trinajstić information content (AvgIpc) is 2.29. The van der Waals surface area contributed by atoms with E-state index in [-0.39, 0.29) is 6.10 Å². The summed E-state index contributed by atoms with van der Waals surface area (Å²) < 4.78 is 10.6. The second-order valence-electron chi connectivity index (χ2n) is 3.01. The zero-order chi connectivity index (χ0) is 8.48. The monoisotopic (exact) mass is 156 g/mol. The molecule has 1 saturated heterocycles. The van der Waals surface area contributed by atoms with Crippen LogP contribution < -0.4 is 0 Å². The lowest BCUT2D eigenvalue weighted by Crippen LogP contribution is -2.22. The molecule has 1 atom stereocenters. The average molecular weight is 156 g/mol. The summed E-state index contributed by atoms with van der Waals surface area (Å²) in [4.78, 5) is 10.3. The molecule has 1 rings (SSSR count). The van der Waals surface area contributed by atoms with Gasteiger partial charge in [0.1, 0.15) is 12.4 Å². The molecule has 0 aliphatic carbocycles. The fourth-order valence-electron chi connectivity index (χ4n) is 0.946. The van der Waals surface area contributed by atoms with Crippen molar-refractivity contribution >= 4 is 6.29 Å². The first kappa shape index (κ1) is 8.43. The molecule has 0 amide bonds. The predicted molar refractivity (Wildman–Crippen MR) is 40.1 cm³/mol. The summed E-state index contributed by atoms with van der Waals surface area (Å²) in [5.41, 5.74) is 0.440. The van der Waals surface area contributed by atoms with Crippen molar-refractivity contribution in [3.8, 4) is 0 Å². The van der Waals surface area contributed by atoms with Gasteiger partial charge in [0, 0.05) is 5.57 Å². The van der Waals surface area contributed by atoms with Gasteiger partial charge in [-0.2, -0.15) is 0 Å².